The lowest BCUT2D eigenvalue weighted by molar-refractivity contribution is -0.384. The van der Waals surface area contributed by atoms with Gasteiger partial charge in [-0.2, -0.15) is 0 Å². The molecule has 0 bridgehead atoms. The molecule has 1 heterocycles. The molecule has 2 aromatic rings. The number of nitro groups is 1. The lowest BCUT2D eigenvalue weighted by Gasteiger charge is -2.20. The van der Waals surface area contributed by atoms with Gasteiger partial charge >= 0.3 is 0 Å². The summed E-state index contributed by atoms with van der Waals surface area (Å²) in [6.07, 6.45) is 3.58. The predicted molar refractivity (Wildman–Crippen MR) is 77.3 cm³/mol. The predicted octanol–water partition coefficient (Wildman–Crippen LogP) is 3.40. The van der Waals surface area contributed by atoms with Crippen molar-refractivity contribution in [1.82, 2.24) is 10.3 Å². The van der Waals surface area contributed by atoms with E-state index in [0.29, 0.717) is 0 Å². The summed E-state index contributed by atoms with van der Waals surface area (Å²) in [6.45, 7) is 4.10. The summed E-state index contributed by atoms with van der Waals surface area (Å²) in [5, 5.41) is 14.1. The van der Waals surface area contributed by atoms with Crippen molar-refractivity contribution in [2.75, 3.05) is 0 Å². The van der Waals surface area contributed by atoms with E-state index in [4.69, 9.17) is 0 Å². The second-order valence-electron chi connectivity index (χ2n) is 4.75. The summed E-state index contributed by atoms with van der Waals surface area (Å²) in [6, 6.07) is 10.8. The van der Waals surface area contributed by atoms with Gasteiger partial charge in [0.1, 0.15) is 0 Å². The molecule has 0 fully saturated rings. The maximum absolute atomic E-state index is 10.6. The second-order valence-corrected chi connectivity index (χ2v) is 4.75. The fourth-order valence-corrected chi connectivity index (χ4v) is 2.08. The van der Waals surface area contributed by atoms with Gasteiger partial charge in [0.2, 0.25) is 0 Å². The molecule has 1 unspecified atom stereocenters. The van der Waals surface area contributed by atoms with E-state index in [1.807, 2.05) is 25.3 Å². The number of nitrogens with one attached hydrogen (secondary N) is 1. The van der Waals surface area contributed by atoms with Crippen LogP contribution in [0.3, 0.4) is 0 Å². The fraction of sp³-hybridized carbons (Fsp3) is 0.267. The maximum atomic E-state index is 10.6. The van der Waals surface area contributed by atoms with Crippen molar-refractivity contribution in [2.45, 2.75) is 25.9 Å². The van der Waals surface area contributed by atoms with Gasteiger partial charge in [-0.15, -0.1) is 0 Å². The average Bonchev–Trinajstić information content (AvgIpc) is 2.48. The van der Waals surface area contributed by atoms with Gasteiger partial charge in [0.15, 0.2) is 0 Å². The Kier molecular flexibility index (Phi) is 4.42. The van der Waals surface area contributed by atoms with Crippen LogP contribution in [-0.2, 0) is 0 Å². The van der Waals surface area contributed by atoms with Gasteiger partial charge in [-0.1, -0.05) is 18.2 Å². The molecule has 0 radical (unpaired) electrons. The number of nitrogens with zero attached hydrogens (tertiary/aromatic N) is 2. The van der Waals surface area contributed by atoms with Gasteiger partial charge in [-0.3, -0.25) is 15.1 Å². The third-order valence-electron chi connectivity index (χ3n) is 3.29. The molecule has 0 aliphatic rings. The first kappa shape index (κ1) is 14.1. The minimum absolute atomic E-state index is 0.103. The molecule has 1 aromatic carbocycles. The first-order valence-corrected chi connectivity index (χ1v) is 6.48. The molecule has 0 amide bonds. The van der Waals surface area contributed by atoms with E-state index in [1.165, 1.54) is 12.1 Å². The maximum Gasteiger partial charge on any atom is 0.269 e. The minimum atomic E-state index is -0.389. The van der Waals surface area contributed by atoms with Crippen LogP contribution in [0.4, 0.5) is 5.69 Å². The third kappa shape index (κ3) is 3.39. The summed E-state index contributed by atoms with van der Waals surface area (Å²) >= 11 is 0. The first-order valence-electron chi connectivity index (χ1n) is 6.48. The van der Waals surface area contributed by atoms with Gasteiger partial charge in [0, 0.05) is 36.6 Å². The standard InChI is InChI=1S/C15H17N3O2/c1-11(13-5-7-15(8-6-13)18(19)20)17-12(2)14-4-3-9-16-10-14/h3-12,17H,1-2H3/t11?,12-/m1/s1. The van der Waals surface area contributed by atoms with Crippen LogP contribution >= 0.6 is 0 Å². The Morgan fingerprint density at radius 1 is 1.10 bits per heavy atom. The zero-order valence-electron chi connectivity index (χ0n) is 11.5. The zero-order valence-corrected chi connectivity index (χ0v) is 11.5. The molecule has 1 aromatic heterocycles. The molecule has 104 valence electrons. The first-order chi connectivity index (χ1) is 9.58. The average molecular weight is 271 g/mol. The van der Waals surface area contributed by atoms with Crippen LogP contribution in [0, 0.1) is 10.1 Å². The number of hydrogen-bond donors (Lipinski definition) is 1. The summed E-state index contributed by atoms with van der Waals surface area (Å²) < 4.78 is 0. The van der Waals surface area contributed by atoms with Crippen molar-refractivity contribution in [1.29, 1.82) is 0 Å². The number of nitro benzene ring substituents is 1. The SMILES string of the molecule is CC(N[C@H](C)c1cccnc1)c1ccc([N+](=O)[O-])cc1. The number of benzene rings is 1. The molecule has 2 rings (SSSR count). The van der Waals surface area contributed by atoms with E-state index in [2.05, 4.69) is 17.2 Å². The van der Waals surface area contributed by atoms with E-state index >= 15 is 0 Å². The molecule has 5 heteroatoms. The zero-order chi connectivity index (χ0) is 14.5. The topological polar surface area (TPSA) is 68.1 Å². The Balaban J connectivity index is 2.04. The van der Waals surface area contributed by atoms with Crippen molar-refractivity contribution in [3.8, 4) is 0 Å². The van der Waals surface area contributed by atoms with Crippen LogP contribution in [0.1, 0.15) is 37.1 Å². The molecule has 2 atom stereocenters. The molecule has 1 N–H and O–H groups in total. The van der Waals surface area contributed by atoms with Crippen LogP contribution < -0.4 is 5.32 Å². The van der Waals surface area contributed by atoms with E-state index in [-0.39, 0.29) is 22.7 Å². The highest BCUT2D eigenvalue weighted by Gasteiger charge is 2.12. The molecule has 0 aliphatic heterocycles. The summed E-state index contributed by atoms with van der Waals surface area (Å²) in [7, 11) is 0. The van der Waals surface area contributed by atoms with Crippen LogP contribution in [0.25, 0.3) is 0 Å². The van der Waals surface area contributed by atoms with Gasteiger partial charge in [0.05, 0.1) is 4.92 Å². The highest BCUT2D eigenvalue weighted by Crippen LogP contribution is 2.21. The molecule has 20 heavy (non-hydrogen) atoms. The van der Waals surface area contributed by atoms with Crippen LogP contribution in [-0.4, -0.2) is 9.91 Å². The second kappa shape index (κ2) is 6.25. The molecule has 0 saturated heterocycles. The van der Waals surface area contributed by atoms with Crippen LogP contribution in [0.2, 0.25) is 0 Å². The van der Waals surface area contributed by atoms with Gasteiger partial charge in [-0.25, -0.2) is 0 Å². The molecular weight excluding hydrogens is 254 g/mol. The van der Waals surface area contributed by atoms with Crippen molar-refractivity contribution in [3.63, 3.8) is 0 Å². The Morgan fingerprint density at radius 3 is 2.30 bits per heavy atom. The van der Waals surface area contributed by atoms with Gasteiger partial charge in [-0.05, 0) is 31.0 Å². The summed E-state index contributed by atoms with van der Waals surface area (Å²) in [4.78, 5) is 14.3. The lowest BCUT2D eigenvalue weighted by Crippen LogP contribution is -2.22. The normalized spacial score (nSPS) is 13.7. The van der Waals surface area contributed by atoms with Crippen LogP contribution in [0.15, 0.2) is 48.8 Å². The van der Waals surface area contributed by atoms with Gasteiger partial charge in [0.25, 0.3) is 5.69 Å². The van der Waals surface area contributed by atoms with E-state index < -0.39 is 0 Å². The smallest absolute Gasteiger partial charge is 0.269 e. The Labute approximate surface area is 117 Å². The fourth-order valence-electron chi connectivity index (χ4n) is 2.08. The monoisotopic (exact) mass is 271 g/mol. The van der Waals surface area contributed by atoms with E-state index in [9.17, 15) is 10.1 Å². The lowest BCUT2D eigenvalue weighted by atomic mass is 10.1. The van der Waals surface area contributed by atoms with E-state index in [0.717, 1.165) is 11.1 Å². The van der Waals surface area contributed by atoms with Crippen molar-refractivity contribution in [2.24, 2.45) is 0 Å². The highest BCUT2D eigenvalue weighted by molar-refractivity contribution is 5.34. The number of non-ortho nitro benzene ring substituents is 1. The minimum Gasteiger partial charge on any atom is -0.304 e. The van der Waals surface area contributed by atoms with Crippen molar-refractivity contribution in [3.05, 3.63) is 70.0 Å². The van der Waals surface area contributed by atoms with Crippen molar-refractivity contribution < 1.29 is 4.92 Å². The Morgan fingerprint density at radius 2 is 1.75 bits per heavy atom. The number of rotatable bonds is 5. The largest absolute Gasteiger partial charge is 0.304 e. The summed E-state index contributed by atoms with van der Waals surface area (Å²) in [5.74, 6) is 0. The molecule has 0 aliphatic carbocycles. The van der Waals surface area contributed by atoms with Crippen molar-refractivity contribution >= 4 is 5.69 Å². The quantitative estimate of drug-likeness (QED) is 0.668. The highest BCUT2D eigenvalue weighted by atomic mass is 16.6. The molecular formula is C15H17N3O2. The Hall–Kier alpha value is -2.27. The third-order valence-corrected chi connectivity index (χ3v) is 3.29. The number of hydrogen-bond acceptors (Lipinski definition) is 4. The Bertz CT molecular complexity index is 569. The molecule has 0 spiro atoms. The molecule has 0 saturated carbocycles. The number of pyridine rings is 1. The van der Waals surface area contributed by atoms with Crippen LogP contribution in [0.5, 0.6) is 0 Å². The summed E-state index contributed by atoms with van der Waals surface area (Å²) in [5.41, 5.74) is 2.24. The van der Waals surface area contributed by atoms with E-state index in [1.54, 1.807) is 18.3 Å². The van der Waals surface area contributed by atoms with Gasteiger partial charge < -0.3 is 5.32 Å². The molecule has 5 nitrogen and oxygen atoms in total. The number of aromatic nitrogens is 1.